The highest BCUT2D eigenvalue weighted by atomic mass is 19.1. The van der Waals surface area contributed by atoms with Crippen molar-refractivity contribution in [2.45, 2.75) is 12.8 Å². The van der Waals surface area contributed by atoms with Crippen LogP contribution in [0.3, 0.4) is 0 Å². The fourth-order valence-electron chi connectivity index (χ4n) is 2.97. The fraction of sp³-hybridized carbons (Fsp3) is 0.200. The molecule has 0 aliphatic carbocycles. The number of nitrogens with two attached hydrogens (primary N) is 1. The summed E-state index contributed by atoms with van der Waals surface area (Å²) in [6.07, 6.45) is 4.84. The van der Waals surface area contributed by atoms with E-state index in [9.17, 15) is 14.0 Å². The van der Waals surface area contributed by atoms with Crippen LogP contribution in [0.4, 0.5) is 15.8 Å². The van der Waals surface area contributed by atoms with Gasteiger partial charge in [0.05, 0.1) is 11.4 Å². The normalized spacial score (nSPS) is 14.0. The second-order valence-electron chi connectivity index (χ2n) is 6.13. The fourth-order valence-corrected chi connectivity index (χ4v) is 2.97. The number of nitrogens with zero attached hydrogens (tertiary/aromatic N) is 1. The molecule has 0 unspecified atom stereocenters. The van der Waals surface area contributed by atoms with Crippen molar-refractivity contribution < 1.29 is 14.0 Å². The van der Waals surface area contributed by atoms with Gasteiger partial charge in [0, 0.05) is 30.3 Å². The van der Waals surface area contributed by atoms with E-state index in [0.29, 0.717) is 16.8 Å². The highest BCUT2D eigenvalue weighted by Gasteiger charge is 2.18. The predicted molar refractivity (Wildman–Crippen MR) is 100 cm³/mol. The molecule has 1 aliphatic rings. The maximum absolute atomic E-state index is 13.6. The molecular weight excluding hydrogens is 333 g/mol. The van der Waals surface area contributed by atoms with Crippen molar-refractivity contribution in [1.82, 2.24) is 0 Å². The van der Waals surface area contributed by atoms with Gasteiger partial charge in [-0.15, -0.1) is 0 Å². The molecule has 134 valence electrons. The Bertz CT molecular complexity index is 858. The Labute approximate surface area is 151 Å². The van der Waals surface area contributed by atoms with Crippen molar-refractivity contribution in [2.24, 2.45) is 5.73 Å². The first-order valence-electron chi connectivity index (χ1n) is 8.47. The van der Waals surface area contributed by atoms with Gasteiger partial charge in [-0.05, 0) is 43.2 Å². The highest BCUT2D eigenvalue weighted by molar-refractivity contribution is 6.05. The molecule has 5 nitrogen and oxygen atoms in total. The molecule has 1 fully saturated rings. The second-order valence-corrected chi connectivity index (χ2v) is 6.13. The number of hydrogen-bond donors (Lipinski definition) is 2. The molecular formula is C20H20FN3O2. The summed E-state index contributed by atoms with van der Waals surface area (Å²) in [5.74, 6) is -1.37. The van der Waals surface area contributed by atoms with Crippen LogP contribution in [0.5, 0.6) is 0 Å². The van der Waals surface area contributed by atoms with Gasteiger partial charge in [-0.2, -0.15) is 0 Å². The number of halogens is 1. The lowest BCUT2D eigenvalue weighted by Crippen LogP contribution is -2.21. The van der Waals surface area contributed by atoms with Crippen molar-refractivity contribution in [3.63, 3.8) is 0 Å². The van der Waals surface area contributed by atoms with Crippen LogP contribution in [-0.4, -0.2) is 24.9 Å². The lowest BCUT2D eigenvalue weighted by atomic mass is 10.1. The van der Waals surface area contributed by atoms with Crippen LogP contribution < -0.4 is 16.0 Å². The minimum atomic E-state index is -0.560. The lowest BCUT2D eigenvalue weighted by molar-refractivity contribution is -0.111. The number of benzene rings is 2. The summed E-state index contributed by atoms with van der Waals surface area (Å²) < 4.78 is 13.6. The Hall–Kier alpha value is -3.15. The molecule has 1 aliphatic heterocycles. The van der Waals surface area contributed by atoms with Gasteiger partial charge in [-0.1, -0.05) is 18.2 Å². The number of amides is 2. The topological polar surface area (TPSA) is 75.4 Å². The van der Waals surface area contributed by atoms with Crippen LogP contribution in [0.1, 0.15) is 28.8 Å². The van der Waals surface area contributed by atoms with E-state index in [1.54, 1.807) is 36.4 Å². The maximum atomic E-state index is 13.6. The first-order chi connectivity index (χ1) is 12.5. The number of rotatable bonds is 5. The Morgan fingerprint density at radius 3 is 2.54 bits per heavy atom. The molecule has 6 heteroatoms. The van der Waals surface area contributed by atoms with Gasteiger partial charge in [-0.25, -0.2) is 4.39 Å². The zero-order valence-electron chi connectivity index (χ0n) is 14.2. The molecule has 3 rings (SSSR count). The van der Waals surface area contributed by atoms with Crippen molar-refractivity contribution in [3.05, 3.63) is 65.5 Å². The first kappa shape index (κ1) is 17.7. The van der Waals surface area contributed by atoms with Crippen LogP contribution in [-0.2, 0) is 4.79 Å². The largest absolute Gasteiger partial charge is 0.370 e. The molecule has 0 radical (unpaired) electrons. The molecule has 0 atom stereocenters. The molecule has 0 aromatic heterocycles. The SMILES string of the molecule is NC(=O)c1ccc(N2CCCC2)c(NC(=O)/C=C/c2ccccc2F)c1. The van der Waals surface area contributed by atoms with Gasteiger partial charge in [-0.3, -0.25) is 9.59 Å². The summed E-state index contributed by atoms with van der Waals surface area (Å²) in [7, 11) is 0. The summed E-state index contributed by atoms with van der Waals surface area (Å²) in [5, 5.41) is 2.77. The van der Waals surface area contributed by atoms with E-state index >= 15 is 0 Å². The average molecular weight is 353 g/mol. The molecule has 1 heterocycles. The Balaban J connectivity index is 1.82. The van der Waals surface area contributed by atoms with Crippen molar-refractivity contribution >= 4 is 29.3 Å². The van der Waals surface area contributed by atoms with E-state index in [2.05, 4.69) is 10.2 Å². The van der Waals surface area contributed by atoms with Gasteiger partial charge in [0.2, 0.25) is 11.8 Å². The third-order valence-corrected chi connectivity index (χ3v) is 4.31. The maximum Gasteiger partial charge on any atom is 0.248 e. The van der Waals surface area contributed by atoms with Gasteiger partial charge < -0.3 is 16.0 Å². The van der Waals surface area contributed by atoms with Crippen LogP contribution in [0.15, 0.2) is 48.5 Å². The zero-order chi connectivity index (χ0) is 18.5. The zero-order valence-corrected chi connectivity index (χ0v) is 14.2. The number of anilines is 2. The van der Waals surface area contributed by atoms with Crippen LogP contribution in [0, 0.1) is 5.82 Å². The summed E-state index contributed by atoms with van der Waals surface area (Å²) in [4.78, 5) is 25.9. The van der Waals surface area contributed by atoms with Gasteiger partial charge in [0.1, 0.15) is 5.82 Å². The molecule has 2 aromatic rings. The van der Waals surface area contributed by atoms with Gasteiger partial charge in [0.15, 0.2) is 0 Å². The molecule has 0 bridgehead atoms. The van der Waals surface area contributed by atoms with Crippen molar-refractivity contribution in [2.75, 3.05) is 23.3 Å². The number of hydrogen-bond acceptors (Lipinski definition) is 3. The lowest BCUT2D eigenvalue weighted by Gasteiger charge is -2.21. The summed E-state index contributed by atoms with van der Waals surface area (Å²) >= 11 is 0. The Morgan fingerprint density at radius 1 is 1.12 bits per heavy atom. The van der Waals surface area contributed by atoms with Crippen molar-refractivity contribution in [1.29, 1.82) is 0 Å². The number of carbonyl (C=O) groups excluding carboxylic acids is 2. The number of nitrogens with one attached hydrogen (secondary N) is 1. The standard InChI is InChI=1S/C20H20FN3O2/c21-16-6-2-1-5-14(16)8-10-19(25)23-17-13-15(20(22)26)7-9-18(17)24-11-3-4-12-24/h1-2,5-10,13H,3-4,11-12H2,(H2,22,26)(H,23,25)/b10-8+. The van der Waals surface area contributed by atoms with Gasteiger partial charge >= 0.3 is 0 Å². The minimum Gasteiger partial charge on any atom is -0.370 e. The predicted octanol–water partition coefficient (Wildman–Crippen LogP) is 3.18. The van der Waals surface area contributed by atoms with E-state index in [1.807, 2.05) is 0 Å². The quantitative estimate of drug-likeness (QED) is 0.811. The van der Waals surface area contributed by atoms with E-state index in [-0.39, 0.29) is 0 Å². The smallest absolute Gasteiger partial charge is 0.248 e. The molecule has 26 heavy (non-hydrogen) atoms. The third kappa shape index (κ3) is 4.08. The van der Waals surface area contributed by atoms with E-state index < -0.39 is 17.6 Å². The second kappa shape index (κ2) is 7.82. The number of primary amides is 1. The highest BCUT2D eigenvalue weighted by Crippen LogP contribution is 2.30. The number of carbonyl (C=O) groups is 2. The minimum absolute atomic E-state index is 0.321. The van der Waals surface area contributed by atoms with E-state index in [4.69, 9.17) is 5.73 Å². The van der Waals surface area contributed by atoms with Crippen LogP contribution >= 0.6 is 0 Å². The molecule has 0 saturated carbocycles. The van der Waals surface area contributed by atoms with E-state index in [1.165, 1.54) is 18.2 Å². The van der Waals surface area contributed by atoms with Crippen LogP contribution in [0.25, 0.3) is 6.08 Å². The molecule has 0 spiro atoms. The Morgan fingerprint density at radius 2 is 1.85 bits per heavy atom. The Kier molecular flexibility index (Phi) is 5.31. The van der Waals surface area contributed by atoms with Gasteiger partial charge in [0.25, 0.3) is 0 Å². The van der Waals surface area contributed by atoms with E-state index in [0.717, 1.165) is 31.6 Å². The van der Waals surface area contributed by atoms with Crippen molar-refractivity contribution in [3.8, 4) is 0 Å². The van der Waals surface area contributed by atoms with Crippen LogP contribution in [0.2, 0.25) is 0 Å². The monoisotopic (exact) mass is 353 g/mol. The summed E-state index contributed by atoms with van der Waals surface area (Å²) in [5.41, 5.74) is 7.36. The molecule has 2 aromatic carbocycles. The molecule has 3 N–H and O–H groups in total. The molecule has 1 saturated heterocycles. The summed E-state index contributed by atoms with van der Waals surface area (Å²) in [6, 6.07) is 11.2. The molecule has 2 amide bonds. The average Bonchev–Trinajstić information content (AvgIpc) is 3.15. The first-order valence-corrected chi connectivity index (χ1v) is 8.47. The summed E-state index contributed by atoms with van der Waals surface area (Å²) in [6.45, 7) is 1.79. The third-order valence-electron chi connectivity index (χ3n) is 4.31.